The van der Waals surface area contributed by atoms with Crippen LogP contribution < -0.4 is 15.2 Å². The molecule has 0 bridgehead atoms. The number of anilines is 1. The van der Waals surface area contributed by atoms with Crippen LogP contribution in [-0.2, 0) is 10.0 Å². The van der Waals surface area contributed by atoms with Gasteiger partial charge in [-0.2, -0.15) is 5.10 Å². The molecule has 19 heavy (non-hydrogen) atoms. The summed E-state index contributed by atoms with van der Waals surface area (Å²) in [6, 6.07) is -0.0695. The Balaban J connectivity index is 2.04. The predicted octanol–water partition coefficient (Wildman–Crippen LogP) is -0.0587. The number of halogens is 1. The van der Waals surface area contributed by atoms with Crippen molar-refractivity contribution in [3.8, 4) is 0 Å². The zero-order chi connectivity index (χ0) is 14.0. The summed E-state index contributed by atoms with van der Waals surface area (Å²) in [6.45, 7) is 1.25. The number of rotatable bonds is 3. The summed E-state index contributed by atoms with van der Waals surface area (Å²) in [5.74, 6) is 0. The van der Waals surface area contributed by atoms with Gasteiger partial charge in [-0.1, -0.05) is 11.6 Å². The lowest BCUT2D eigenvalue weighted by atomic mass is 10.1. The zero-order valence-electron chi connectivity index (χ0n) is 10.4. The first-order chi connectivity index (χ1) is 8.87. The maximum absolute atomic E-state index is 11.4. The molecule has 7 nitrogen and oxygen atoms in total. The molecule has 106 valence electrons. The summed E-state index contributed by atoms with van der Waals surface area (Å²) in [5, 5.41) is 6.10. The molecule has 0 atom stereocenters. The number of H-pyrrole nitrogens is 1. The van der Waals surface area contributed by atoms with Crippen LogP contribution >= 0.6 is 11.6 Å². The third-order valence-electron chi connectivity index (χ3n) is 2.99. The zero-order valence-corrected chi connectivity index (χ0v) is 12.0. The third-order valence-corrected chi connectivity index (χ3v) is 4.12. The van der Waals surface area contributed by atoms with Crippen molar-refractivity contribution in [1.82, 2.24) is 14.9 Å². The lowest BCUT2D eigenvalue weighted by Gasteiger charge is -2.33. The van der Waals surface area contributed by atoms with Crippen molar-refractivity contribution < 1.29 is 8.42 Å². The minimum atomic E-state index is -3.18. The van der Waals surface area contributed by atoms with E-state index in [4.69, 9.17) is 11.6 Å². The highest BCUT2D eigenvalue weighted by atomic mass is 35.5. The maximum atomic E-state index is 11.4. The quantitative estimate of drug-likeness (QED) is 0.816. The Bertz CT molecular complexity index is 607. The average molecular weight is 307 g/mol. The average Bonchev–Trinajstić information content (AvgIpc) is 2.32. The van der Waals surface area contributed by atoms with Gasteiger partial charge in [-0.25, -0.2) is 18.2 Å². The summed E-state index contributed by atoms with van der Waals surface area (Å²) in [4.78, 5) is 13.3. The van der Waals surface area contributed by atoms with E-state index in [0.29, 0.717) is 31.6 Å². The largest absolute Gasteiger partial charge is 0.369 e. The Morgan fingerprint density at radius 1 is 1.47 bits per heavy atom. The van der Waals surface area contributed by atoms with Gasteiger partial charge in [-0.05, 0) is 12.8 Å². The van der Waals surface area contributed by atoms with Crippen LogP contribution in [0.5, 0.6) is 0 Å². The van der Waals surface area contributed by atoms with E-state index in [9.17, 15) is 13.2 Å². The van der Waals surface area contributed by atoms with Gasteiger partial charge in [0.05, 0.1) is 18.1 Å². The monoisotopic (exact) mass is 306 g/mol. The third kappa shape index (κ3) is 3.68. The number of aromatic nitrogens is 2. The Hall–Kier alpha value is -1.12. The summed E-state index contributed by atoms with van der Waals surface area (Å²) in [6.07, 6.45) is 3.98. The maximum Gasteiger partial charge on any atom is 0.285 e. The molecule has 2 rings (SSSR count). The van der Waals surface area contributed by atoms with E-state index in [0.717, 1.165) is 6.26 Å². The fourth-order valence-electron chi connectivity index (χ4n) is 2.14. The van der Waals surface area contributed by atoms with Crippen LogP contribution in [0.15, 0.2) is 11.0 Å². The van der Waals surface area contributed by atoms with Crippen LogP contribution in [-0.4, -0.2) is 44.0 Å². The SMILES string of the molecule is CS(=O)(=O)NC1CCN(c2cn[nH]c(=O)c2Cl)CC1. The summed E-state index contributed by atoms with van der Waals surface area (Å²) in [7, 11) is -3.18. The lowest BCUT2D eigenvalue weighted by Crippen LogP contribution is -2.44. The fraction of sp³-hybridized carbons (Fsp3) is 0.600. The van der Waals surface area contributed by atoms with Crippen molar-refractivity contribution in [2.24, 2.45) is 0 Å². The molecule has 1 aliphatic heterocycles. The van der Waals surface area contributed by atoms with E-state index in [1.165, 1.54) is 6.20 Å². The normalized spacial score (nSPS) is 17.7. The minimum absolute atomic E-state index is 0.0695. The van der Waals surface area contributed by atoms with Crippen molar-refractivity contribution in [2.75, 3.05) is 24.2 Å². The standard InChI is InChI=1S/C10H15ClN4O3S/c1-19(17,18)14-7-2-4-15(5-3-7)8-6-12-13-10(16)9(8)11/h6-7,14H,2-5H2,1H3,(H,13,16). The van der Waals surface area contributed by atoms with Crippen LogP contribution in [0.2, 0.25) is 5.02 Å². The molecule has 0 radical (unpaired) electrons. The molecule has 1 aromatic heterocycles. The highest BCUT2D eigenvalue weighted by Gasteiger charge is 2.23. The second kappa shape index (κ2) is 5.48. The molecule has 1 fully saturated rings. The highest BCUT2D eigenvalue weighted by Crippen LogP contribution is 2.24. The number of hydrogen-bond acceptors (Lipinski definition) is 5. The molecule has 2 heterocycles. The number of piperidine rings is 1. The van der Waals surface area contributed by atoms with Gasteiger partial charge in [-0.3, -0.25) is 4.79 Å². The van der Waals surface area contributed by atoms with Gasteiger partial charge in [0.1, 0.15) is 5.02 Å². The van der Waals surface area contributed by atoms with Gasteiger partial charge in [0.15, 0.2) is 0 Å². The van der Waals surface area contributed by atoms with Crippen LogP contribution in [0.4, 0.5) is 5.69 Å². The lowest BCUT2D eigenvalue weighted by molar-refractivity contribution is 0.461. The fourth-order valence-corrected chi connectivity index (χ4v) is 3.19. The van der Waals surface area contributed by atoms with Crippen LogP contribution in [0.1, 0.15) is 12.8 Å². The van der Waals surface area contributed by atoms with Crippen LogP contribution in [0, 0.1) is 0 Å². The Kier molecular flexibility index (Phi) is 4.12. The molecule has 1 aromatic rings. The Labute approximate surface area is 116 Å². The molecular weight excluding hydrogens is 292 g/mol. The molecule has 0 amide bonds. The number of hydrogen-bond donors (Lipinski definition) is 2. The molecule has 1 aliphatic rings. The first kappa shape index (κ1) is 14.3. The number of aromatic amines is 1. The molecule has 2 N–H and O–H groups in total. The minimum Gasteiger partial charge on any atom is -0.369 e. The Morgan fingerprint density at radius 3 is 2.68 bits per heavy atom. The van der Waals surface area contributed by atoms with E-state index < -0.39 is 15.6 Å². The molecule has 0 saturated carbocycles. The first-order valence-electron chi connectivity index (χ1n) is 5.82. The number of nitrogens with one attached hydrogen (secondary N) is 2. The van der Waals surface area contributed by atoms with E-state index in [2.05, 4.69) is 14.9 Å². The predicted molar refractivity (Wildman–Crippen MR) is 73.1 cm³/mol. The van der Waals surface area contributed by atoms with Gasteiger partial charge >= 0.3 is 0 Å². The van der Waals surface area contributed by atoms with E-state index in [-0.39, 0.29) is 11.1 Å². The summed E-state index contributed by atoms with van der Waals surface area (Å²) < 4.78 is 24.9. The molecule has 0 aromatic carbocycles. The van der Waals surface area contributed by atoms with Gasteiger partial charge in [0.25, 0.3) is 5.56 Å². The highest BCUT2D eigenvalue weighted by molar-refractivity contribution is 7.88. The second-order valence-corrected chi connectivity index (χ2v) is 6.71. The number of sulfonamides is 1. The molecular formula is C10H15ClN4O3S. The second-order valence-electron chi connectivity index (χ2n) is 4.55. The molecule has 0 unspecified atom stereocenters. The van der Waals surface area contributed by atoms with Crippen molar-refractivity contribution in [3.05, 3.63) is 21.6 Å². The van der Waals surface area contributed by atoms with E-state index in [1.807, 2.05) is 4.90 Å². The Morgan fingerprint density at radius 2 is 2.11 bits per heavy atom. The topological polar surface area (TPSA) is 95.2 Å². The van der Waals surface area contributed by atoms with E-state index >= 15 is 0 Å². The van der Waals surface area contributed by atoms with Crippen LogP contribution in [0.25, 0.3) is 0 Å². The molecule has 9 heteroatoms. The number of nitrogens with zero attached hydrogens (tertiary/aromatic N) is 2. The molecule has 0 spiro atoms. The van der Waals surface area contributed by atoms with Crippen molar-refractivity contribution in [2.45, 2.75) is 18.9 Å². The summed E-state index contributed by atoms with van der Waals surface area (Å²) >= 11 is 5.93. The van der Waals surface area contributed by atoms with Gasteiger partial charge in [0.2, 0.25) is 10.0 Å². The van der Waals surface area contributed by atoms with E-state index in [1.54, 1.807) is 0 Å². The van der Waals surface area contributed by atoms with Crippen molar-refractivity contribution in [1.29, 1.82) is 0 Å². The molecule has 1 saturated heterocycles. The first-order valence-corrected chi connectivity index (χ1v) is 8.09. The molecule has 0 aliphatic carbocycles. The van der Waals surface area contributed by atoms with Gasteiger partial charge < -0.3 is 4.90 Å². The van der Waals surface area contributed by atoms with Crippen molar-refractivity contribution in [3.63, 3.8) is 0 Å². The van der Waals surface area contributed by atoms with Gasteiger partial charge in [-0.15, -0.1) is 0 Å². The summed E-state index contributed by atoms with van der Waals surface area (Å²) in [5.41, 5.74) is 0.166. The van der Waals surface area contributed by atoms with Gasteiger partial charge in [0, 0.05) is 19.1 Å². The van der Waals surface area contributed by atoms with Crippen molar-refractivity contribution >= 4 is 27.3 Å². The van der Waals surface area contributed by atoms with Crippen LogP contribution in [0.3, 0.4) is 0 Å². The smallest absolute Gasteiger partial charge is 0.285 e.